The smallest absolute Gasteiger partial charge is 0.251 e. The molecule has 0 unspecified atom stereocenters. The number of benzene rings is 1. The predicted molar refractivity (Wildman–Crippen MR) is 101 cm³/mol. The maximum atomic E-state index is 11.5. The Kier molecular flexibility index (Phi) is 8.22. The summed E-state index contributed by atoms with van der Waals surface area (Å²) in [6.07, 6.45) is 2.65. The van der Waals surface area contributed by atoms with Gasteiger partial charge in [0.1, 0.15) is 0 Å². The number of halogens is 1. The van der Waals surface area contributed by atoms with Gasteiger partial charge in [-0.15, -0.1) is 24.0 Å². The lowest BCUT2D eigenvalue weighted by atomic mass is 10.1. The molecule has 122 valence electrons. The van der Waals surface area contributed by atoms with Gasteiger partial charge < -0.3 is 16.0 Å². The first kappa shape index (κ1) is 18.7. The molecule has 6 heteroatoms. The van der Waals surface area contributed by atoms with Crippen LogP contribution in [-0.4, -0.2) is 32.0 Å². The fourth-order valence-electron chi connectivity index (χ4n) is 1.98. The van der Waals surface area contributed by atoms with E-state index in [0.717, 1.165) is 30.5 Å². The lowest BCUT2D eigenvalue weighted by Gasteiger charge is -2.10. The fourth-order valence-corrected chi connectivity index (χ4v) is 1.98. The van der Waals surface area contributed by atoms with Crippen LogP contribution in [0.25, 0.3) is 0 Å². The van der Waals surface area contributed by atoms with E-state index in [2.05, 4.69) is 27.9 Å². The second-order valence-electron chi connectivity index (χ2n) is 5.30. The number of carbonyl (C=O) groups excluding carboxylic acids is 1. The first-order valence-electron chi connectivity index (χ1n) is 7.56. The third-order valence-corrected chi connectivity index (χ3v) is 3.46. The van der Waals surface area contributed by atoms with E-state index in [1.807, 2.05) is 24.3 Å². The topological polar surface area (TPSA) is 65.5 Å². The summed E-state index contributed by atoms with van der Waals surface area (Å²) in [5, 5.41) is 9.23. The number of nitrogens with zero attached hydrogens (tertiary/aromatic N) is 1. The summed E-state index contributed by atoms with van der Waals surface area (Å²) in [5.41, 5.74) is 1.76. The summed E-state index contributed by atoms with van der Waals surface area (Å²) >= 11 is 0. The van der Waals surface area contributed by atoms with E-state index < -0.39 is 0 Å². The summed E-state index contributed by atoms with van der Waals surface area (Å²) in [4.78, 5) is 16.0. The molecule has 0 spiro atoms. The molecular formula is C16H25IN4O. The van der Waals surface area contributed by atoms with Crippen LogP contribution in [0.1, 0.15) is 35.7 Å². The summed E-state index contributed by atoms with van der Waals surface area (Å²) < 4.78 is 0. The maximum absolute atomic E-state index is 11.5. The summed E-state index contributed by atoms with van der Waals surface area (Å²) in [6, 6.07) is 7.54. The van der Waals surface area contributed by atoms with E-state index in [0.29, 0.717) is 12.1 Å². The third-order valence-electron chi connectivity index (χ3n) is 3.46. The van der Waals surface area contributed by atoms with E-state index >= 15 is 0 Å². The molecule has 22 heavy (non-hydrogen) atoms. The SMILES string of the molecule is CCNC(=NCc1ccc(C(=O)NC)cc1)NCC1CC1.I. The molecular weight excluding hydrogens is 391 g/mol. The van der Waals surface area contributed by atoms with Crippen molar-refractivity contribution in [2.75, 3.05) is 20.1 Å². The Morgan fingerprint density at radius 1 is 1.23 bits per heavy atom. The van der Waals surface area contributed by atoms with Crippen LogP contribution >= 0.6 is 24.0 Å². The second-order valence-corrected chi connectivity index (χ2v) is 5.30. The number of carbonyl (C=O) groups is 1. The number of hydrogen-bond donors (Lipinski definition) is 3. The highest BCUT2D eigenvalue weighted by atomic mass is 127. The lowest BCUT2D eigenvalue weighted by molar-refractivity contribution is 0.0963. The van der Waals surface area contributed by atoms with Crippen molar-refractivity contribution in [2.45, 2.75) is 26.3 Å². The number of amides is 1. The highest BCUT2D eigenvalue weighted by Gasteiger charge is 2.20. The molecule has 1 aliphatic carbocycles. The zero-order valence-electron chi connectivity index (χ0n) is 13.2. The van der Waals surface area contributed by atoms with Gasteiger partial charge in [-0.3, -0.25) is 4.79 Å². The van der Waals surface area contributed by atoms with Crippen LogP contribution in [0.3, 0.4) is 0 Å². The first-order chi connectivity index (χ1) is 10.2. The van der Waals surface area contributed by atoms with Crippen molar-refractivity contribution in [3.63, 3.8) is 0 Å². The van der Waals surface area contributed by atoms with Crippen LogP contribution in [0.15, 0.2) is 29.3 Å². The first-order valence-corrected chi connectivity index (χ1v) is 7.56. The van der Waals surface area contributed by atoms with Gasteiger partial charge in [0.2, 0.25) is 0 Å². The van der Waals surface area contributed by atoms with Crippen molar-refractivity contribution < 1.29 is 4.79 Å². The Balaban J connectivity index is 0.00000242. The van der Waals surface area contributed by atoms with Gasteiger partial charge in [-0.1, -0.05) is 12.1 Å². The molecule has 0 heterocycles. The normalized spacial score (nSPS) is 14.0. The van der Waals surface area contributed by atoms with Crippen LogP contribution in [0.5, 0.6) is 0 Å². The average molecular weight is 416 g/mol. The van der Waals surface area contributed by atoms with E-state index in [1.165, 1.54) is 12.8 Å². The molecule has 1 amide bonds. The molecule has 0 aromatic heterocycles. The fraction of sp³-hybridized carbons (Fsp3) is 0.500. The highest BCUT2D eigenvalue weighted by molar-refractivity contribution is 14.0. The van der Waals surface area contributed by atoms with Crippen molar-refractivity contribution in [1.29, 1.82) is 0 Å². The van der Waals surface area contributed by atoms with Gasteiger partial charge in [-0.2, -0.15) is 0 Å². The zero-order chi connectivity index (χ0) is 15.1. The Morgan fingerprint density at radius 2 is 1.91 bits per heavy atom. The molecule has 0 atom stereocenters. The standard InChI is InChI=1S/C16H24N4O.HI/c1-3-18-16(19-10-12-4-5-12)20-11-13-6-8-14(9-7-13)15(21)17-2;/h6-9,12H,3-5,10-11H2,1-2H3,(H,17,21)(H2,18,19,20);1H. The molecule has 1 saturated carbocycles. The minimum absolute atomic E-state index is 0. The quantitative estimate of drug-likeness (QED) is 0.378. The van der Waals surface area contributed by atoms with Crippen molar-refractivity contribution >= 4 is 35.8 Å². The largest absolute Gasteiger partial charge is 0.357 e. The Hall–Kier alpha value is -1.31. The maximum Gasteiger partial charge on any atom is 0.251 e. The average Bonchev–Trinajstić information content (AvgIpc) is 3.34. The summed E-state index contributed by atoms with van der Waals surface area (Å²) in [5.74, 6) is 1.62. The van der Waals surface area contributed by atoms with Gasteiger partial charge in [0, 0.05) is 25.7 Å². The van der Waals surface area contributed by atoms with E-state index in [1.54, 1.807) is 7.05 Å². The van der Waals surface area contributed by atoms with E-state index in [4.69, 9.17) is 0 Å². The van der Waals surface area contributed by atoms with Crippen molar-refractivity contribution in [3.05, 3.63) is 35.4 Å². The van der Waals surface area contributed by atoms with Crippen molar-refractivity contribution in [2.24, 2.45) is 10.9 Å². The third kappa shape index (κ3) is 6.21. The molecule has 1 fully saturated rings. The molecule has 0 bridgehead atoms. The minimum atomic E-state index is -0.0653. The monoisotopic (exact) mass is 416 g/mol. The van der Waals surface area contributed by atoms with Gasteiger partial charge in [0.05, 0.1) is 6.54 Å². The number of hydrogen-bond acceptors (Lipinski definition) is 2. The van der Waals surface area contributed by atoms with Gasteiger partial charge in [0.15, 0.2) is 5.96 Å². The van der Waals surface area contributed by atoms with E-state index in [-0.39, 0.29) is 29.9 Å². The molecule has 0 saturated heterocycles. The van der Waals surface area contributed by atoms with Gasteiger partial charge in [0.25, 0.3) is 5.91 Å². The van der Waals surface area contributed by atoms with Crippen LogP contribution in [0.2, 0.25) is 0 Å². The summed E-state index contributed by atoms with van der Waals surface area (Å²) in [7, 11) is 1.63. The highest BCUT2D eigenvalue weighted by Crippen LogP contribution is 2.27. The molecule has 0 radical (unpaired) electrons. The number of rotatable bonds is 6. The van der Waals surface area contributed by atoms with Crippen molar-refractivity contribution in [3.8, 4) is 0 Å². The lowest BCUT2D eigenvalue weighted by Crippen LogP contribution is -2.38. The Labute approximate surface area is 149 Å². The summed E-state index contributed by atoms with van der Waals surface area (Å²) in [6.45, 7) is 4.52. The zero-order valence-corrected chi connectivity index (χ0v) is 15.5. The van der Waals surface area contributed by atoms with Crippen LogP contribution < -0.4 is 16.0 Å². The number of guanidine groups is 1. The molecule has 5 nitrogen and oxygen atoms in total. The van der Waals surface area contributed by atoms with Crippen LogP contribution in [0, 0.1) is 5.92 Å². The number of aliphatic imine (C=N–C) groups is 1. The second kappa shape index (κ2) is 9.66. The van der Waals surface area contributed by atoms with Crippen molar-refractivity contribution in [1.82, 2.24) is 16.0 Å². The molecule has 1 aliphatic rings. The van der Waals surface area contributed by atoms with Crippen LogP contribution in [-0.2, 0) is 6.54 Å². The Bertz CT molecular complexity index is 497. The molecule has 2 rings (SSSR count). The Morgan fingerprint density at radius 3 is 2.45 bits per heavy atom. The van der Waals surface area contributed by atoms with Gasteiger partial charge in [-0.05, 0) is 43.4 Å². The minimum Gasteiger partial charge on any atom is -0.357 e. The predicted octanol–water partition coefficient (Wildman–Crippen LogP) is 2.13. The molecule has 0 aliphatic heterocycles. The van der Waals surface area contributed by atoms with E-state index in [9.17, 15) is 4.79 Å². The molecule has 1 aromatic rings. The molecule has 1 aromatic carbocycles. The van der Waals surface area contributed by atoms with Gasteiger partial charge in [-0.25, -0.2) is 4.99 Å². The van der Waals surface area contributed by atoms with Gasteiger partial charge >= 0.3 is 0 Å². The van der Waals surface area contributed by atoms with Crippen LogP contribution in [0.4, 0.5) is 0 Å². The number of nitrogens with one attached hydrogen (secondary N) is 3. The molecule has 3 N–H and O–H groups in total.